The van der Waals surface area contributed by atoms with Crippen LogP contribution in [0.2, 0.25) is 0 Å². The van der Waals surface area contributed by atoms with E-state index >= 15 is 0 Å². The lowest BCUT2D eigenvalue weighted by Gasteiger charge is -2.19. The van der Waals surface area contributed by atoms with Gasteiger partial charge in [-0.05, 0) is 25.8 Å². The maximum absolute atomic E-state index is 13.4. The van der Waals surface area contributed by atoms with E-state index in [0.29, 0.717) is 12.1 Å². The van der Waals surface area contributed by atoms with Gasteiger partial charge in [0.1, 0.15) is 5.82 Å². The minimum atomic E-state index is -0.179. The average Bonchev–Trinajstić information content (AvgIpc) is 2.28. The monoisotopic (exact) mass is 225 g/mol. The van der Waals surface area contributed by atoms with Crippen LogP contribution in [0, 0.1) is 18.7 Å². The Morgan fingerprint density at radius 1 is 1.38 bits per heavy atom. The zero-order valence-corrected chi connectivity index (χ0v) is 10.1. The highest BCUT2D eigenvalue weighted by molar-refractivity contribution is 5.23. The van der Waals surface area contributed by atoms with Crippen molar-refractivity contribution in [2.45, 2.75) is 33.4 Å². The maximum atomic E-state index is 13.4. The Morgan fingerprint density at radius 2 is 2.06 bits per heavy atom. The number of nitrogens with one attached hydrogen (secondary N) is 1. The normalized spacial score (nSPS) is 14.8. The van der Waals surface area contributed by atoms with E-state index in [1.165, 1.54) is 6.07 Å². The van der Waals surface area contributed by atoms with Gasteiger partial charge in [0.05, 0.1) is 0 Å². The second-order valence-corrected chi connectivity index (χ2v) is 4.42. The number of aryl methyl sites for hydroxylation is 1. The Bertz CT molecular complexity index is 341. The highest BCUT2D eigenvalue weighted by atomic mass is 19.1. The van der Waals surface area contributed by atoms with E-state index < -0.39 is 0 Å². The van der Waals surface area contributed by atoms with Crippen molar-refractivity contribution in [2.75, 3.05) is 6.61 Å². The third-order valence-electron chi connectivity index (χ3n) is 2.96. The fourth-order valence-electron chi connectivity index (χ4n) is 1.47. The molecule has 0 aliphatic carbocycles. The van der Waals surface area contributed by atoms with Gasteiger partial charge in [0.25, 0.3) is 0 Å². The van der Waals surface area contributed by atoms with E-state index in [4.69, 9.17) is 5.11 Å². The van der Waals surface area contributed by atoms with Crippen LogP contribution >= 0.6 is 0 Å². The summed E-state index contributed by atoms with van der Waals surface area (Å²) in [6.07, 6.45) is 0. The molecule has 16 heavy (non-hydrogen) atoms. The summed E-state index contributed by atoms with van der Waals surface area (Å²) in [7, 11) is 0. The van der Waals surface area contributed by atoms with Crippen molar-refractivity contribution in [3.05, 3.63) is 35.1 Å². The number of halogens is 1. The van der Waals surface area contributed by atoms with Gasteiger partial charge < -0.3 is 10.4 Å². The molecule has 0 amide bonds. The molecular formula is C13H20FNO. The molecule has 2 nitrogen and oxygen atoms in total. The average molecular weight is 225 g/mol. The van der Waals surface area contributed by atoms with Gasteiger partial charge in [0, 0.05) is 24.8 Å². The van der Waals surface area contributed by atoms with E-state index in [2.05, 4.69) is 5.32 Å². The summed E-state index contributed by atoms with van der Waals surface area (Å²) in [5.41, 5.74) is 1.73. The highest BCUT2D eigenvalue weighted by Gasteiger charge is 2.11. The van der Waals surface area contributed by atoms with Crippen LogP contribution in [-0.4, -0.2) is 17.8 Å². The van der Waals surface area contributed by atoms with Crippen LogP contribution < -0.4 is 5.32 Å². The molecule has 0 saturated heterocycles. The van der Waals surface area contributed by atoms with Crippen LogP contribution in [0.25, 0.3) is 0 Å². The molecule has 1 aromatic carbocycles. The van der Waals surface area contributed by atoms with Crippen molar-refractivity contribution in [2.24, 2.45) is 5.92 Å². The van der Waals surface area contributed by atoms with Gasteiger partial charge in [-0.2, -0.15) is 0 Å². The van der Waals surface area contributed by atoms with Crippen molar-refractivity contribution in [3.63, 3.8) is 0 Å². The molecule has 0 aliphatic heterocycles. The molecule has 90 valence electrons. The van der Waals surface area contributed by atoms with Crippen molar-refractivity contribution in [3.8, 4) is 0 Å². The van der Waals surface area contributed by atoms with Gasteiger partial charge in [-0.1, -0.05) is 24.6 Å². The summed E-state index contributed by atoms with van der Waals surface area (Å²) >= 11 is 0. The fraction of sp³-hybridized carbons (Fsp3) is 0.538. The van der Waals surface area contributed by atoms with E-state index in [0.717, 1.165) is 5.56 Å². The maximum Gasteiger partial charge on any atom is 0.127 e. The smallest absolute Gasteiger partial charge is 0.127 e. The van der Waals surface area contributed by atoms with E-state index in [1.54, 1.807) is 6.07 Å². The lowest BCUT2D eigenvalue weighted by atomic mass is 10.0. The number of rotatable bonds is 5. The number of benzene rings is 1. The fourth-order valence-corrected chi connectivity index (χ4v) is 1.47. The molecule has 0 radical (unpaired) electrons. The molecule has 0 fully saturated rings. The Labute approximate surface area is 96.5 Å². The first-order valence-corrected chi connectivity index (χ1v) is 5.64. The molecule has 0 heterocycles. The second kappa shape index (κ2) is 5.97. The zero-order valence-electron chi connectivity index (χ0n) is 10.1. The molecule has 2 atom stereocenters. The number of aliphatic hydroxyl groups is 1. The highest BCUT2D eigenvalue weighted by Crippen LogP contribution is 2.10. The van der Waals surface area contributed by atoms with Gasteiger partial charge in [-0.3, -0.25) is 0 Å². The minimum Gasteiger partial charge on any atom is -0.396 e. The second-order valence-electron chi connectivity index (χ2n) is 4.42. The zero-order chi connectivity index (χ0) is 12.1. The largest absolute Gasteiger partial charge is 0.396 e. The van der Waals surface area contributed by atoms with E-state index in [-0.39, 0.29) is 24.4 Å². The Balaban J connectivity index is 2.57. The molecule has 0 aromatic heterocycles. The van der Waals surface area contributed by atoms with Crippen LogP contribution in [0.4, 0.5) is 4.39 Å². The first-order valence-electron chi connectivity index (χ1n) is 5.64. The predicted molar refractivity (Wildman–Crippen MR) is 63.7 cm³/mol. The molecule has 3 heteroatoms. The quantitative estimate of drug-likeness (QED) is 0.805. The predicted octanol–water partition coefficient (Wildman–Crippen LogP) is 2.24. The van der Waals surface area contributed by atoms with Gasteiger partial charge in [-0.25, -0.2) is 4.39 Å². The molecule has 1 aromatic rings. The molecule has 2 unspecified atom stereocenters. The summed E-state index contributed by atoms with van der Waals surface area (Å²) in [6.45, 7) is 6.55. The Morgan fingerprint density at radius 3 is 2.69 bits per heavy atom. The van der Waals surface area contributed by atoms with Crippen LogP contribution in [0.3, 0.4) is 0 Å². The third kappa shape index (κ3) is 3.58. The topological polar surface area (TPSA) is 32.3 Å². The summed E-state index contributed by atoms with van der Waals surface area (Å²) in [5.74, 6) is -0.00479. The molecule has 1 rings (SSSR count). The molecule has 0 aliphatic rings. The lowest BCUT2D eigenvalue weighted by molar-refractivity contribution is 0.207. The lowest BCUT2D eigenvalue weighted by Crippen LogP contribution is -2.33. The molecule has 0 spiro atoms. The first kappa shape index (κ1) is 13.1. The van der Waals surface area contributed by atoms with E-state index in [9.17, 15) is 4.39 Å². The van der Waals surface area contributed by atoms with Crippen molar-refractivity contribution in [1.29, 1.82) is 0 Å². The van der Waals surface area contributed by atoms with Gasteiger partial charge in [-0.15, -0.1) is 0 Å². The van der Waals surface area contributed by atoms with Crippen LogP contribution in [0.15, 0.2) is 18.2 Å². The standard InChI is InChI=1S/C13H20FNO/c1-9-4-5-13(14)12(6-9)7-15-11(3)10(2)8-16/h4-6,10-11,15-16H,7-8H2,1-3H3. The molecule has 0 saturated carbocycles. The number of aliphatic hydroxyl groups excluding tert-OH is 1. The summed E-state index contributed by atoms with van der Waals surface area (Å²) < 4.78 is 13.4. The first-order chi connectivity index (χ1) is 7.54. The molecular weight excluding hydrogens is 205 g/mol. The SMILES string of the molecule is Cc1ccc(F)c(CNC(C)C(C)CO)c1. The number of hydrogen-bond donors (Lipinski definition) is 2. The number of hydrogen-bond acceptors (Lipinski definition) is 2. The summed E-state index contributed by atoms with van der Waals surface area (Å²) in [4.78, 5) is 0. The van der Waals surface area contributed by atoms with E-state index in [1.807, 2.05) is 26.8 Å². The third-order valence-corrected chi connectivity index (χ3v) is 2.96. The van der Waals surface area contributed by atoms with Gasteiger partial charge >= 0.3 is 0 Å². The Kier molecular flexibility index (Phi) is 4.90. The molecule has 2 N–H and O–H groups in total. The molecule has 0 bridgehead atoms. The van der Waals surface area contributed by atoms with Crippen molar-refractivity contribution < 1.29 is 9.50 Å². The van der Waals surface area contributed by atoms with Crippen LogP contribution in [-0.2, 0) is 6.54 Å². The van der Waals surface area contributed by atoms with Crippen LogP contribution in [0.5, 0.6) is 0 Å². The summed E-state index contributed by atoms with van der Waals surface area (Å²) in [5, 5.41) is 12.2. The van der Waals surface area contributed by atoms with Gasteiger partial charge in [0.15, 0.2) is 0 Å². The van der Waals surface area contributed by atoms with Crippen LogP contribution in [0.1, 0.15) is 25.0 Å². The minimum absolute atomic E-state index is 0.143. The Hall–Kier alpha value is -0.930. The van der Waals surface area contributed by atoms with Crippen molar-refractivity contribution >= 4 is 0 Å². The summed E-state index contributed by atoms with van der Waals surface area (Å²) in [6, 6.07) is 5.27. The van der Waals surface area contributed by atoms with Crippen molar-refractivity contribution in [1.82, 2.24) is 5.32 Å². The van der Waals surface area contributed by atoms with Gasteiger partial charge in [0.2, 0.25) is 0 Å².